The number of rotatable bonds is 3. The van der Waals surface area contributed by atoms with Crippen LogP contribution in [0.3, 0.4) is 0 Å². The molecule has 0 aliphatic carbocycles. The van der Waals surface area contributed by atoms with E-state index < -0.39 is 0 Å². The molecule has 2 nitrogen and oxygen atoms in total. The average molecular weight is 162 g/mol. The van der Waals surface area contributed by atoms with E-state index in [1.165, 1.54) is 0 Å². The van der Waals surface area contributed by atoms with Gasteiger partial charge < -0.3 is 5.32 Å². The lowest BCUT2D eigenvalue weighted by molar-refractivity contribution is 0.894. The van der Waals surface area contributed by atoms with Crippen molar-refractivity contribution in [3.8, 4) is 0 Å². The Bertz CT molecular complexity index is 241. The third kappa shape index (κ3) is 2.38. The van der Waals surface area contributed by atoms with E-state index in [9.17, 15) is 0 Å². The molecule has 0 aromatic carbocycles. The van der Waals surface area contributed by atoms with Gasteiger partial charge in [-0.25, -0.2) is 0 Å². The summed E-state index contributed by atoms with van der Waals surface area (Å²) in [5.74, 6) is 0.374. The molecule has 1 atom stereocenters. The van der Waals surface area contributed by atoms with Crippen LogP contribution < -0.4 is 5.32 Å². The van der Waals surface area contributed by atoms with Crippen LogP contribution in [0.2, 0.25) is 0 Å². The fourth-order valence-corrected chi connectivity index (χ4v) is 0.984. The molecule has 64 valence electrons. The Labute approximate surface area is 73.3 Å². The number of aromatic nitrogens is 1. The zero-order valence-electron chi connectivity index (χ0n) is 7.49. The fraction of sp³-hybridized carbons (Fsp3) is 0.300. The summed E-state index contributed by atoms with van der Waals surface area (Å²) in [5, 5.41) is 2.96. The summed E-state index contributed by atoms with van der Waals surface area (Å²) in [6.45, 7) is 2.12. The second kappa shape index (κ2) is 4.54. The lowest BCUT2D eigenvalue weighted by Crippen LogP contribution is -1.96. The zero-order valence-corrected chi connectivity index (χ0v) is 7.49. The molecular formula is C10H14N2. The van der Waals surface area contributed by atoms with Gasteiger partial charge in [-0.1, -0.05) is 19.1 Å². The van der Waals surface area contributed by atoms with E-state index in [4.69, 9.17) is 0 Å². The normalized spacial score (nSPS) is 13.2. The van der Waals surface area contributed by atoms with E-state index in [1.54, 1.807) is 0 Å². The molecule has 1 rings (SSSR count). The Hall–Kier alpha value is -1.31. The predicted octanol–water partition coefficient (Wildman–Crippen LogP) is 1.92. The van der Waals surface area contributed by atoms with Gasteiger partial charge >= 0.3 is 0 Å². The summed E-state index contributed by atoms with van der Waals surface area (Å²) in [6.07, 6.45) is 5.83. The number of nitrogens with one attached hydrogen (secondary N) is 1. The Morgan fingerprint density at radius 1 is 1.50 bits per heavy atom. The molecule has 0 amide bonds. The lowest BCUT2D eigenvalue weighted by Gasteiger charge is -2.03. The minimum Gasteiger partial charge on any atom is -0.394 e. The molecule has 1 heterocycles. The first-order chi connectivity index (χ1) is 5.84. The number of nitrogens with zero attached hydrogens (tertiary/aromatic N) is 1. The highest BCUT2D eigenvalue weighted by atomic mass is 14.8. The molecule has 0 bridgehead atoms. The van der Waals surface area contributed by atoms with Gasteiger partial charge in [-0.05, 0) is 18.3 Å². The summed E-state index contributed by atoms with van der Waals surface area (Å²) >= 11 is 0. The van der Waals surface area contributed by atoms with Crippen molar-refractivity contribution in [3.63, 3.8) is 0 Å². The highest BCUT2D eigenvalue weighted by molar-refractivity contribution is 5.13. The monoisotopic (exact) mass is 162 g/mol. The Morgan fingerprint density at radius 3 is 2.92 bits per heavy atom. The SMILES string of the molecule is CN/C=C/C(C)c1ccccn1. The largest absolute Gasteiger partial charge is 0.394 e. The summed E-state index contributed by atoms with van der Waals surface area (Å²) < 4.78 is 0. The summed E-state index contributed by atoms with van der Waals surface area (Å²) in [7, 11) is 1.89. The molecule has 12 heavy (non-hydrogen) atoms. The van der Waals surface area contributed by atoms with Crippen LogP contribution in [-0.2, 0) is 0 Å². The number of hydrogen-bond donors (Lipinski definition) is 1. The van der Waals surface area contributed by atoms with Gasteiger partial charge in [0, 0.05) is 24.9 Å². The number of hydrogen-bond acceptors (Lipinski definition) is 2. The first-order valence-electron chi connectivity index (χ1n) is 4.09. The van der Waals surface area contributed by atoms with Gasteiger partial charge in [0.15, 0.2) is 0 Å². The van der Waals surface area contributed by atoms with Gasteiger partial charge in [0.25, 0.3) is 0 Å². The molecule has 0 spiro atoms. The van der Waals surface area contributed by atoms with E-state index in [-0.39, 0.29) is 0 Å². The third-order valence-corrected chi connectivity index (χ3v) is 1.71. The second-order valence-corrected chi connectivity index (χ2v) is 2.69. The maximum Gasteiger partial charge on any atom is 0.0470 e. The standard InChI is InChI=1S/C10H14N2/c1-9(6-8-11-2)10-5-3-4-7-12-10/h3-9,11H,1-2H3/b8-6+. The fourth-order valence-electron chi connectivity index (χ4n) is 0.984. The Morgan fingerprint density at radius 2 is 2.33 bits per heavy atom. The quantitative estimate of drug-likeness (QED) is 0.734. The van der Waals surface area contributed by atoms with Crippen LogP contribution in [-0.4, -0.2) is 12.0 Å². The van der Waals surface area contributed by atoms with E-state index in [0.29, 0.717) is 5.92 Å². The van der Waals surface area contributed by atoms with Crippen LogP contribution in [0.5, 0.6) is 0 Å². The molecule has 0 aliphatic rings. The Kier molecular flexibility index (Phi) is 3.33. The molecule has 1 aromatic heterocycles. The summed E-state index contributed by atoms with van der Waals surface area (Å²) in [4.78, 5) is 4.25. The molecule has 0 fully saturated rings. The average Bonchev–Trinajstić information content (AvgIpc) is 2.15. The van der Waals surface area contributed by atoms with Crippen LogP contribution in [0.4, 0.5) is 0 Å². The highest BCUT2D eigenvalue weighted by Gasteiger charge is 1.99. The molecule has 0 saturated carbocycles. The zero-order chi connectivity index (χ0) is 8.81. The number of pyridine rings is 1. The van der Waals surface area contributed by atoms with Crippen molar-refractivity contribution in [1.82, 2.24) is 10.3 Å². The van der Waals surface area contributed by atoms with Crippen LogP contribution in [0, 0.1) is 0 Å². The number of allylic oxidation sites excluding steroid dienone is 1. The smallest absolute Gasteiger partial charge is 0.0470 e. The molecule has 0 radical (unpaired) electrons. The maximum atomic E-state index is 4.25. The van der Waals surface area contributed by atoms with Gasteiger partial charge in [-0.3, -0.25) is 4.98 Å². The van der Waals surface area contributed by atoms with Crippen molar-refractivity contribution in [2.24, 2.45) is 0 Å². The van der Waals surface area contributed by atoms with Gasteiger partial charge in [0.1, 0.15) is 0 Å². The minimum absolute atomic E-state index is 0.374. The molecule has 0 saturated heterocycles. The van der Waals surface area contributed by atoms with Crippen molar-refractivity contribution in [3.05, 3.63) is 42.4 Å². The van der Waals surface area contributed by atoms with E-state index in [2.05, 4.69) is 23.3 Å². The van der Waals surface area contributed by atoms with Crippen LogP contribution in [0.25, 0.3) is 0 Å². The van der Waals surface area contributed by atoms with Crippen molar-refractivity contribution in [2.45, 2.75) is 12.8 Å². The molecular weight excluding hydrogens is 148 g/mol. The predicted molar refractivity (Wildman–Crippen MR) is 50.9 cm³/mol. The van der Waals surface area contributed by atoms with E-state index in [1.807, 2.05) is 37.6 Å². The van der Waals surface area contributed by atoms with Crippen molar-refractivity contribution < 1.29 is 0 Å². The van der Waals surface area contributed by atoms with Gasteiger partial charge in [0.2, 0.25) is 0 Å². The first-order valence-corrected chi connectivity index (χ1v) is 4.09. The summed E-state index contributed by atoms with van der Waals surface area (Å²) in [5.41, 5.74) is 1.10. The maximum absolute atomic E-state index is 4.25. The van der Waals surface area contributed by atoms with Gasteiger partial charge in [-0.15, -0.1) is 0 Å². The molecule has 1 aromatic rings. The molecule has 2 heteroatoms. The van der Waals surface area contributed by atoms with E-state index >= 15 is 0 Å². The summed E-state index contributed by atoms with van der Waals surface area (Å²) in [6, 6.07) is 5.97. The second-order valence-electron chi connectivity index (χ2n) is 2.69. The Balaban J connectivity index is 2.65. The van der Waals surface area contributed by atoms with Crippen molar-refractivity contribution >= 4 is 0 Å². The lowest BCUT2D eigenvalue weighted by atomic mass is 10.1. The topological polar surface area (TPSA) is 24.9 Å². The van der Waals surface area contributed by atoms with E-state index in [0.717, 1.165) is 5.69 Å². The van der Waals surface area contributed by atoms with Gasteiger partial charge in [0.05, 0.1) is 0 Å². The van der Waals surface area contributed by atoms with Crippen LogP contribution >= 0.6 is 0 Å². The molecule has 0 aliphatic heterocycles. The minimum atomic E-state index is 0.374. The first kappa shape index (κ1) is 8.78. The van der Waals surface area contributed by atoms with Crippen molar-refractivity contribution in [1.29, 1.82) is 0 Å². The third-order valence-electron chi connectivity index (χ3n) is 1.71. The highest BCUT2D eigenvalue weighted by Crippen LogP contribution is 2.11. The van der Waals surface area contributed by atoms with Gasteiger partial charge in [-0.2, -0.15) is 0 Å². The van der Waals surface area contributed by atoms with Crippen LogP contribution in [0.1, 0.15) is 18.5 Å². The van der Waals surface area contributed by atoms with Crippen molar-refractivity contribution in [2.75, 3.05) is 7.05 Å². The molecule has 1 unspecified atom stereocenters. The molecule has 1 N–H and O–H groups in total. The van der Waals surface area contributed by atoms with Crippen LogP contribution in [0.15, 0.2) is 36.7 Å².